The minimum absolute atomic E-state index is 0.111. The summed E-state index contributed by atoms with van der Waals surface area (Å²) in [6.07, 6.45) is 10.6. The van der Waals surface area contributed by atoms with E-state index in [1.54, 1.807) is 12.1 Å². The first-order chi connectivity index (χ1) is 13.4. The summed E-state index contributed by atoms with van der Waals surface area (Å²) in [5, 5.41) is 22.3. The molecule has 3 heteroatoms. The maximum absolute atomic E-state index is 13.1. The van der Waals surface area contributed by atoms with Crippen LogP contribution in [0.2, 0.25) is 0 Å². The molecule has 0 bridgehead atoms. The van der Waals surface area contributed by atoms with Crippen molar-refractivity contribution in [2.75, 3.05) is 0 Å². The minimum Gasteiger partial charge on any atom is -0.390 e. The van der Waals surface area contributed by atoms with E-state index in [-0.39, 0.29) is 17.2 Å². The van der Waals surface area contributed by atoms with Gasteiger partial charge in [0.25, 0.3) is 0 Å². The molecule has 2 N–H and O–H groups in total. The van der Waals surface area contributed by atoms with Gasteiger partial charge in [-0.25, -0.2) is 4.39 Å². The highest BCUT2D eigenvalue weighted by atomic mass is 19.1. The second-order valence-corrected chi connectivity index (χ2v) is 11.1. The molecular formula is C26H39FO2. The molecule has 1 aromatic carbocycles. The van der Waals surface area contributed by atoms with E-state index in [1.807, 2.05) is 26.0 Å². The average molecular weight is 403 g/mol. The van der Waals surface area contributed by atoms with Crippen molar-refractivity contribution in [1.82, 2.24) is 0 Å². The third kappa shape index (κ3) is 4.77. The quantitative estimate of drug-likeness (QED) is 0.601. The summed E-state index contributed by atoms with van der Waals surface area (Å²) >= 11 is 0. The summed E-state index contributed by atoms with van der Waals surface area (Å²) in [5.41, 5.74) is -0.349. The van der Waals surface area contributed by atoms with Gasteiger partial charge >= 0.3 is 0 Å². The lowest BCUT2D eigenvalue weighted by atomic mass is 9.45. The Balaban J connectivity index is 1.75. The van der Waals surface area contributed by atoms with Gasteiger partial charge in [-0.3, -0.25) is 0 Å². The van der Waals surface area contributed by atoms with Crippen molar-refractivity contribution in [3.8, 4) is 0 Å². The number of hydrogen-bond acceptors (Lipinski definition) is 2. The number of fused-ring (bicyclic) bond motifs is 1. The molecular weight excluding hydrogens is 363 g/mol. The van der Waals surface area contributed by atoms with Crippen LogP contribution in [0.15, 0.2) is 30.3 Å². The Morgan fingerprint density at radius 3 is 2.41 bits per heavy atom. The molecule has 0 aliphatic heterocycles. The van der Waals surface area contributed by atoms with Crippen LogP contribution in [0.5, 0.6) is 0 Å². The number of halogens is 1. The Morgan fingerprint density at radius 1 is 1.10 bits per heavy atom. The van der Waals surface area contributed by atoms with E-state index >= 15 is 0 Å². The van der Waals surface area contributed by atoms with Gasteiger partial charge in [-0.05, 0) is 92.7 Å². The number of aliphatic hydroxyl groups is 2. The zero-order valence-corrected chi connectivity index (χ0v) is 18.8. The molecule has 0 saturated heterocycles. The lowest BCUT2D eigenvalue weighted by Gasteiger charge is -2.61. The predicted octanol–water partition coefficient (Wildman–Crippen LogP) is 6.36. The first-order valence-corrected chi connectivity index (χ1v) is 11.3. The Bertz CT molecular complexity index is 732. The SMILES string of the molecule is CC1(C)CCC[C@]2(C)C(CC[C@@](C)(O)/C=C/c3ccc(F)cc3)[C@](C)(O)CC[C@@H]12. The molecule has 2 fully saturated rings. The molecule has 1 aromatic rings. The molecule has 2 saturated carbocycles. The van der Waals surface area contributed by atoms with Crippen LogP contribution in [0.1, 0.15) is 85.1 Å². The predicted molar refractivity (Wildman–Crippen MR) is 118 cm³/mol. The molecule has 0 amide bonds. The largest absolute Gasteiger partial charge is 0.390 e. The van der Waals surface area contributed by atoms with Gasteiger partial charge in [0, 0.05) is 0 Å². The standard InChI is InChI=1S/C26H39FO2/c1-23(2)14-6-15-25(4)21(23)13-18-26(5,29)22(25)12-17-24(3,28)16-11-19-7-9-20(27)10-8-19/h7-11,16,21-22,28-29H,6,12-15,17-18H2,1-5H3/b16-11+/t21-,22?,24-,25-,26+/m0/s1. The Morgan fingerprint density at radius 2 is 1.76 bits per heavy atom. The van der Waals surface area contributed by atoms with Gasteiger partial charge < -0.3 is 10.2 Å². The average Bonchev–Trinajstić information content (AvgIpc) is 2.59. The van der Waals surface area contributed by atoms with Crippen molar-refractivity contribution in [1.29, 1.82) is 0 Å². The fourth-order valence-corrected chi connectivity index (χ4v) is 6.63. The summed E-state index contributed by atoms with van der Waals surface area (Å²) in [6, 6.07) is 6.28. The molecule has 3 rings (SSSR count). The maximum Gasteiger partial charge on any atom is 0.123 e. The van der Waals surface area contributed by atoms with Crippen LogP contribution in [0.25, 0.3) is 6.08 Å². The van der Waals surface area contributed by atoms with E-state index in [0.29, 0.717) is 17.8 Å². The first-order valence-electron chi connectivity index (χ1n) is 11.3. The van der Waals surface area contributed by atoms with Crippen molar-refractivity contribution in [3.63, 3.8) is 0 Å². The van der Waals surface area contributed by atoms with Crippen molar-refractivity contribution in [2.24, 2.45) is 22.7 Å². The van der Waals surface area contributed by atoms with E-state index in [1.165, 1.54) is 25.0 Å². The van der Waals surface area contributed by atoms with Crippen LogP contribution in [-0.4, -0.2) is 21.4 Å². The van der Waals surface area contributed by atoms with Crippen molar-refractivity contribution >= 4 is 6.08 Å². The third-order valence-electron chi connectivity index (χ3n) is 8.21. The van der Waals surface area contributed by atoms with Crippen LogP contribution < -0.4 is 0 Å². The van der Waals surface area contributed by atoms with Gasteiger partial charge in [0.2, 0.25) is 0 Å². The molecule has 29 heavy (non-hydrogen) atoms. The monoisotopic (exact) mass is 402 g/mol. The molecule has 2 aliphatic carbocycles. The first kappa shape index (κ1) is 22.5. The summed E-state index contributed by atoms with van der Waals surface area (Å²) in [7, 11) is 0. The van der Waals surface area contributed by atoms with Crippen molar-refractivity contribution in [2.45, 2.75) is 90.8 Å². The second kappa shape index (κ2) is 7.81. The number of rotatable bonds is 5. The van der Waals surface area contributed by atoms with Gasteiger partial charge in [0.15, 0.2) is 0 Å². The molecule has 5 atom stereocenters. The van der Waals surface area contributed by atoms with Crippen molar-refractivity contribution < 1.29 is 14.6 Å². The Labute approximate surface area is 176 Å². The Hall–Kier alpha value is -1.19. The molecule has 0 radical (unpaired) electrons. The highest BCUT2D eigenvalue weighted by Crippen LogP contribution is 2.63. The Kier molecular flexibility index (Phi) is 6.06. The number of hydrogen-bond donors (Lipinski definition) is 2. The van der Waals surface area contributed by atoms with E-state index in [9.17, 15) is 14.6 Å². The van der Waals surface area contributed by atoms with Gasteiger partial charge in [0.1, 0.15) is 5.82 Å². The molecule has 2 aliphatic rings. The van der Waals surface area contributed by atoms with Gasteiger partial charge in [0.05, 0.1) is 11.2 Å². The zero-order valence-electron chi connectivity index (χ0n) is 18.8. The summed E-state index contributed by atoms with van der Waals surface area (Å²) in [4.78, 5) is 0. The minimum atomic E-state index is -0.960. The van der Waals surface area contributed by atoms with Gasteiger partial charge in [-0.2, -0.15) is 0 Å². The van der Waals surface area contributed by atoms with Crippen LogP contribution in [-0.2, 0) is 0 Å². The van der Waals surface area contributed by atoms with E-state index in [2.05, 4.69) is 20.8 Å². The molecule has 1 unspecified atom stereocenters. The fraction of sp³-hybridized carbons (Fsp3) is 0.692. The van der Waals surface area contributed by atoms with Gasteiger partial charge in [-0.1, -0.05) is 51.5 Å². The van der Waals surface area contributed by atoms with Gasteiger partial charge in [-0.15, -0.1) is 0 Å². The highest BCUT2D eigenvalue weighted by Gasteiger charge is 2.57. The fourth-order valence-electron chi connectivity index (χ4n) is 6.63. The summed E-state index contributed by atoms with van der Waals surface area (Å²) in [5.74, 6) is 0.541. The van der Waals surface area contributed by atoms with Crippen LogP contribution >= 0.6 is 0 Å². The number of benzene rings is 1. The van der Waals surface area contributed by atoms with E-state index in [0.717, 1.165) is 31.2 Å². The molecule has 0 aromatic heterocycles. The highest BCUT2D eigenvalue weighted by molar-refractivity contribution is 5.50. The van der Waals surface area contributed by atoms with Crippen LogP contribution in [0, 0.1) is 28.5 Å². The molecule has 2 nitrogen and oxygen atoms in total. The smallest absolute Gasteiger partial charge is 0.123 e. The van der Waals surface area contributed by atoms with Crippen molar-refractivity contribution in [3.05, 3.63) is 41.7 Å². The second-order valence-electron chi connectivity index (χ2n) is 11.1. The van der Waals surface area contributed by atoms with Crippen LogP contribution in [0.4, 0.5) is 4.39 Å². The summed E-state index contributed by atoms with van der Waals surface area (Å²) < 4.78 is 13.1. The molecule has 0 spiro atoms. The lowest BCUT2D eigenvalue weighted by Crippen LogP contribution is -2.57. The molecule has 0 heterocycles. The maximum atomic E-state index is 13.1. The summed E-state index contributed by atoms with van der Waals surface area (Å²) in [6.45, 7) is 11.0. The normalized spacial score (nSPS) is 36.6. The molecule has 162 valence electrons. The van der Waals surface area contributed by atoms with Crippen LogP contribution in [0.3, 0.4) is 0 Å². The van der Waals surface area contributed by atoms with E-state index < -0.39 is 11.2 Å². The third-order valence-corrected chi connectivity index (χ3v) is 8.21. The zero-order chi connectivity index (χ0) is 21.5. The van der Waals surface area contributed by atoms with E-state index in [4.69, 9.17) is 0 Å². The topological polar surface area (TPSA) is 40.5 Å². The lowest BCUT2D eigenvalue weighted by molar-refractivity contribution is -0.171.